The van der Waals surface area contributed by atoms with Gasteiger partial charge in [-0.1, -0.05) is 27.2 Å². The summed E-state index contributed by atoms with van der Waals surface area (Å²) in [5, 5.41) is 0. The summed E-state index contributed by atoms with van der Waals surface area (Å²) in [6.07, 6.45) is 2.08. The molecular weight excluding hydrogens is 150 g/mol. The first-order valence-electron chi connectivity index (χ1n) is 4.82. The van der Waals surface area contributed by atoms with Crippen molar-refractivity contribution in [2.24, 2.45) is 11.7 Å². The van der Waals surface area contributed by atoms with Crippen LogP contribution in [0.3, 0.4) is 0 Å². The van der Waals surface area contributed by atoms with E-state index in [1.165, 1.54) is 0 Å². The Hall–Kier alpha value is -0.0800. The molecule has 3 unspecified atom stereocenters. The minimum Gasteiger partial charge on any atom is -0.377 e. The van der Waals surface area contributed by atoms with E-state index in [1.807, 2.05) is 0 Å². The monoisotopic (exact) mass is 173 g/mol. The molecule has 74 valence electrons. The highest BCUT2D eigenvalue weighted by Gasteiger charge is 2.32. The molecule has 2 N–H and O–H groups in total. The van der Waals surface area contributed by atoms with Crippen LogP contribution in [0, 0.1) is 5.92 Å². The van der Waals surface area contributed by atoms with Crippen molar-refractivity contribution in [2.75, 3.05) is 7.11 Å². The van der Waals surface area contributed by atoms with Gasteiger partial charge in [-0.05, 0) is 19.3 Å². The Morgan fingerprint density at radius 1 is 1.42 bits per heavy atom. The van der Waals surface area contributed by atoms with Crippen LogP contribution in [0.25, 0.3) is 0 Å². The Morgan fingerprint density at radius 3 is 2.17 bits per heavy atom. The fraction of sp³-hybridized carbons (Fsp3) is 1.00. The lowest BCUT2D eigenvalue weighted by atomic mass is 9.84. The molecular formula is C10H23NO. The van der Waals surface area contributed by atoms with E-state index in [4.69, 9.17) is 10.5 Å². The number of hydrogen-bond acceptors (Lipinski definition) is 2. The Morgan fingerprint density at radius 2 is 1.92 bits per heavy atom. The van der Waals surface area contributed by atoms with Crippen LogP contribution < -0.4 is 5.73 Å². The van der Waals surface area contributed by atoms with Crippen molar-refractivity contribution < 1.29 is 4.74 Å². The first-order chi connectivity index (χ1) is 5.51. The highest BCUT2D eigenvalue weighted by Crippen LogP contribution is 2.24. The summed E-state index contributed by atoms with van der Waals surface area (Å²) in [6.45, 7) is 8.55. The topological polar surface area (TPSA) is 35.2 Å². The standard InChI is InChI=1S/C10H23NO/c1-6-8(3)9(11)10(4,7-2)12-5/h8-9H,6-7,11H2,1-5H3. The summed E-state index contributed by atoms with van der Waals surface area (Å²) in [7, 11) is 1.74. The summed E-state index contributed by atoms with van der Waals surface area (Å²) in [5.41, 5.74) is 5.94. The second-order valence-corrected chi connectivity index (χ2v) is 3.78. The maximum absolute atomic E-state index is 6.10. The maximum Gasteiger partial charge on any atom is 0.0800 e. The van der Waals surface area contributed by atoms with Crippen molar-refractivity contribution >= 4 is 0 Å². The predicted octanol–water partition coefficient (Wildman–Crippen LogP) is 2.17. The van der Waals surface area contributed by atoms with Crippen LogP contribution in [0.15, 0.2) is 0 Å². The molecule has 12 heavy (non-hydrogen) atoms. The summed E-state index contributed by atoms with van der Waals surface area (Å²) in [5.74, 6) is 0.523. The van der Waals surface area contributed by atoms with E-state index in [1.54, 1.807) is 7.11 Å². The third kappa shape index (κ3) is 2.46. The smallest absolute Gasteiger partial charge is 0.0800 e. The second kappa shape index (κ2) is 4.83. The zero-order valence-corrected chi connectivity index (χ0v) is 9.05. The molecule has 2 heteroatoms. The minimum absolute atomic E-state index is 0.137. The zero-order valence-electron chi connectivity index (χ0n) is 9.05. The van der Waals surface area contributed by atoms with Gasteiger partial charge in [0.05, 0.1) is 5.60 Å². The van der Waals surface area contributed by atoms with Crippen molar-refractivity contribution in [1.82, 2.24) is 0 Å². The highest BCUT2D eigenvalue weighted by atomic mass is 16.5. The van der Waals surface area contributed by atoms with Crippen molar-refractivity contribution in [1.29, 1.82) is 0 Å². The molecule has 0 aromatic rings. The number of methoxy groups -OCH3 is 1. The third-order valence-corrected chi connectivity index (χ3v) is 3.13. The van der Waals surface area contributed by atoms with Crippen LogP contribution in [0.1, 0.15) is 40.5 Å². The van der Waals surface area contributed by atoms with E-state index in [0.29, 0.717) is 5.92 Å². The number of hydrogen-bond donors (Lipinski definition) is 1. The van der Waals surface area contributed by atoms with Crippen molar-refractivity contribution in [2.45, 2.75) is 52.2 Å². The van der Waals surface area contributed by atoms with Gasteiger partial charge in [0, 0.05) is 13.2 Å². The Bertz CT molecular complexity index is 121. The molecule has 0 aromatic carbocycles. The van der Waals surface area contributed by atoms with Gasteiger partial charge in [-0.15, -0.1) is 0 Å². The van der Waals surface area contributed by atoms with Crippen molar-refractivity contribution in [3.8, 4) is 0 Å². The van der Waals surface area contributed by atoms with Crippen LogP contribution in [0.4, 0.5) is 0 Å². The molecule has 0 rings (SSSR count). The molecule has 0 saturated carbocycles. The molecule has 0 aliphatic heterocycles. The van der Waals surface area contributed by atoms with E-state index < -0.39 is 0 Å². The van der Waals surface area contributed by atoms with Gasteiger partial charge >= 0.3 is 0 Å². The third-order valence-electron chi connectivity index (χ3n) is 3.13. The quantitative estimate of drug-likeness (QED) is 0.691. The van der Waals surface area contributed by atoms with Gasteiger partial charge in [-0.25, -0.2) is 0 Å². The van der Waals surface area contributed by atoms with Gasteiger partial charge in [0.1, 0.15) is 0 Å². The SMILES string of the molecule is CCC(C)C(N)C(C)(CC)OC. The van der Waals surface area contributed by atoms with E-state index in [-0.39, 0.29) is 11.6 Å². The largest absolute Gasteiger partial charge is 0.377 e. The molecule has 0 aliphatic carbocycles. The second-order valence-electron chi connectivity index (χ2n) is 3.78. The zero-order chi connectivity index (χ0) is 9.78. The summed E-state index contributed by atoms with van der Waals surface area (Å²) >= 11 is 0. The molecule has 0 saturated heterocycles. The Labute approximate surface area is 76.5 Å². The van der Waals surface area contributed by atoms with E-state index >= 15 is 0 Å². The van der Waals surface area contributed by atoms with Crippen LogP contribution >= 0.6 is 0 Å². The normalized spacial score (nSPS) is 21.5. The average Bonchev–Trinajstić information content (AvgIpc) is 2.14. The molecule has 0 aromatic heterocycles. The van der Waals surface area contributed by atoms with Gasteiger partial charge in [0.25, 0.3) is 0 Å². The molecule has 2 nitrogen and oxygen atoms in total. The molecule has 0 fully saturated rings. The van der Waals surface area contributed by atoms with Crippen LogP contribution in [-0.4, -0.2) is 18.8 Å². The summed E-state index contributed by atoms with van der Waals surface area (Å²) < 4.78 is 5.45. The van der Waals surface area contributed by atoms with Crippen LogP contribution in [-0.2, 0) is 4.74 Å². The fourth-order valence-corrected chi connectivity index (χ4v) is 1.37. The minimum atomic E-state index is -0.157. The van der Waals surface area contributed by atoms with Gasteiger partial charge in [-0.2, -0.15) is 0 Å². The summed E-state index contributed by atoms with van der Waals surface area (Å²) in [6, 6.07) is 0.137. The van der Waals surface area contributed by atoms with Gasteiger partial charge in [-0.3, -0.25) is 0 Å². The van der Waals surface area contributed by atoms with Gasteiger partial charge in [0.2, 0.25) is 0 Å². The number of rotatable bonds is 5. The lowest BCUT2D eigenvalue weighted by molar-refractivity contribution is -0.0321. The van der Waals surface area contributed by atoms with Crippen LogP contribution in [0.5, 0.6) is 0 Å². The molecule has 0 spiro atoms. The van der Waals surface area contributed by atoms with E-state index in [9.17, 15) is 0 Å². The van der Waals surface area contributed by atoms with Crippen LogP contribution in [0.2, 0.25) is 0 Å². The molecule has 0 heterocycles. The number of ether oxygens (including phenoxy) is 1. The average molecular weight is 173 g/mol. The molecule has 0 bridgehead atoms. The van der Waals surface area contributed by atoms with Crippen molar-refractivity contribution in [3.63, 3.8) is 0 Å². The first kappa shape index (κ1) is 11.9. The molecule has 3 atom stereocenters. The molecule has 0 aliphatic rings. The summed E-state index contributed by atoms with van der Waals surface area (Å²) in [4.78, 5) is 0. The maximum atomic E-state index is 6.10. The lowest BCUT2D eigenvalue weighted by Gasteiger charge is -2.36. The predicted molar refractivity (Wildman–Crippen MR) is 53.1 cm³/mol. The highest BCUT2D eigenvalue weighted by molar-refractivity contribution is 4.88. The first-order valence-corrected chi connectivity index (χ1v) is 4.82. The fourth-order valence-electron chi connectivity index (χ4n) is 1.37. The Kier molecular flexibility index (Phi) is 4.80. The van der Waals surface area contributed by atoms with Gasteiger partial charge in [0.15, 0.2) is 0 Å². The lowest BCUT2D eigenvalue weighted by Crippen LogP contribution is -2.50. The molecule has 0 amide bonds. The van der Waals surface area contributed by atoms with E-state index in [2.05, 4.69) is 27.7 Å². The number of nitrogens with two attached hydrogens (primary N) is 1. The van der Waals surface area contributed by atoms with Crippen molar-refractivity contribution in [3.05, 3.63) is 0 Å². The van der Waals surface area contributed by atoms with Gasteiger partial charge < -0.3 is 10.5 Å². The van der Waals surface area contributed by atoms with E-state index in [0.717, 1.165) is 12.8 Å². The molecule has 0 radical (unpaired) electrons. The Balaban J connectivity index is 4.29.